The van der Waals surface area contributed by atoms with Gasteiger partial charge in [-0.2, -0.15) is 5.10 Å². The van der Waals surface area contributed by atoms with Gasteiger partial charge in [-0.15, -0.1) is 0 Å². The highest BCUT2D eigenvalue weighted by Crippen LogP contribution is 2.26. The zero-order valence-corrected chi connectivity index (χ0v) is 10.9. The first kappa shape index (κ1) is 12.9. The maximum absolute atomic E-state index is 11.0. The molecule has 0 aliphatic carbocycles. The molecule has 2 rings (SSSR count). The van der Waals surface area contributed by atoms with Crippen LogP contribution in [0.4, 0.5) is 11.4 Å². The van der Waals surface area contributed by atoms with Crippen molar-refractivity contribution >= 4 is 17.3 Å². The van der Waals surface area contributed by atoms with Crippen LogP contribution in [-0.4, -0.2) is 27.9 Å². The first-order chi connectivity index (χ1) is 8.99. The summed E-state index contributed by atoms with van der Waals surface area (Å²) in [5, 5.41) is 13.1. The van der Waals surface area contributed by atoms with Crippen LogP contribution in [0.25, 0.3) is 0 Å². The summed E-state index contributed by atoms with van der Waals surface area (Å²) in [4.78, 5) is 12.9. The number of carboxylic acids is 1. The number of anilines is 2. The second-order valence-corrected chi connectivity index (χ2v) is 4.42. The zero-order valence-electron chi connectivity index (χ0n) is 10.9. The van der Waals surface area contributed by atoms with Crippen molar-refractivity contribution < 1.29 is 9.90 Å². The lowest BCUT2D eigenvalue weighted by molar-refractivity contribution is 0.0698. The SMILES string of the molecule is CN(Cc1cnn(C)c1)c1cccc(C(=O)O)c1N. The molecule has 100 valence electrons. The number of aromatic nitrogens is 2. The van der Waals surface area contributed by atoms with Crippen LogP contribution in [0.2, 0.25) is 0 Å². The summed E-state index contributed by atoms with van der Waals surface area (Å²) >= 11 is 0. The molecule has 0 saturated heterocycles. The summed E-state index contributed by atoms with van der Waals surface area (Å²) in [7, 11) is 3.72. The number of nitrogen functional groups attached to an aromatic ring is 1. The van der Waals surface area contributed by atoms with Gasteiger partial charge in [-0.25, -0.2) is 4.79 Å². The standard InChI is InChI=1S/C13H16N4O2/c1-16(7-9-6-15-17(2)8-9)11-5-3-4-10(12(11)14)13(18)19/h3-6,8H,7,14H2,1-2H3,(H,18,19). The third kappa shape index (κ3) is 2.67. The van der Waals surface area contributed by atoms with Crippen molar-refractivity contribution in [1.82, 2.24) is 9.78 Å². The second-order valence-electron chi connectivity index (χ2n) is 4.42. The van der Waals surface area contributed by atoms with Gasteiger partial charge in [0.25, 0.3) is 0 Å². The van der Waals surface area contributed by atoms with Crippen LogP contribution in [0.1, 0.15) is 15.9 Å². The van der Waals surface area contributed by atoms with Crippen LogP contribution in [0, 0.1) is 0 Å². The van der Waals surface area contributed by atoms with Crippen molar-refractivity contribution in [3.05, 3.63) is 41.7 Å². The van der Waals surface area contributed by atoms with Gasteiger partial charge in [0.15, 0.2) is 0 Å². The molecule has 0 fully saturated rings. The Balaban J connectivity index is 2.26. The van der Waals surface area contributed by atoms with Crippen LogP contribution < -0.4 is 10.6 Å². The van der Waals surface area contributed by atoms with E-state index in [0.29, 0.717) is 12.2 Å². The number of carboxylic acid groups (broad SMARTS) is 1. The molecular weight excluding hydrogens is 244 g/mol. The van der Waals surface area contributed by atoms with Gasteiger partial charge < -0.3 is 15.7 Å². The Kier molecular flexibility index (Phi) is 3.41. The van der Waals surface area contributed by atoms with E-state index in [4.69, 9.17) is 10.8 Å². The van der Waals surface area contributed by atoms with Crippen LogP contribution in [0.15, 0.2) is 30.6 Å². The predicted octanol–water partition coefficient (Wildman–Crippen LogP) is 1.34. The first-order valence-corrected chi connectivity index (χ1v) is 5.79. The maximum atomic E-state index is 11.0. The fourth-order valence-electron chi connectivity index (χ4n) is 1.98. The lowest BCUT2D eigenvalue weighted by atomic mass is 10.1. The van der Waals surface area contributed by atoms with E-state index in [-0.39, 0.29) is 11.3 Å². The predicted molar refractivity (Wildman–Crippen MR) is 73.1 cm³/mol. The molecule has 6 nitrogen and oxygen atoms in total. The number of para-hydroxylation sites is 1. The molecule has 19 heavy (non-hydrogen) atoms. The number of nitrogens with two attached hydrogens (primary N) is 1. The number of benzene rings is 1. The Morgan fingerprint density at radius 3 is 2.84 bits per heavy atom. The summed E-state index contributed by atoms with van der Waals surface area (Å²) in [5.41, 5.74) is 8.03. The molecule has 2 aromatic rings. The fraction of sp³-hybridized carbons (Fsp3) is 0.231. The van der Waals surface area contributed by atoms with Gasteiger partial charge in [0.05, 0.1) is 23.1 Å². The monoisotopic (exact) mass is 260 g/mol. The molecule has 0 unspecified atom stereocenters. The van der Waals surface area contributed by atoms with Gasteiger partial charge in [0.2, 0.25) is 0 Å². The molecule has 6 heteroatoms. The smallest absolute Gasteiger partial charge is 0.337 e. The van der Waals surface area contributed by atoms with Crippen LogP contribution in [0.3, 0.4) is 0 Å². The van der Waals surface area contributed by atoms with Crippen LogP contribution in [-0.2, 0) is 13.6 Å². The van der Waals surface area contributed by atoms with Gasteiger partial charge in [-0.05, 0) is 12.1 Å². The van der Waals surface area contributed by atoms with Crippen LogP contribution in [0.5, 0.6) is 0 Å². The fourth-order valence-corrected chi connectivity index (χ4v) is 1.98. The van der Waals surface area contributed by atoms with E-state index in [1.54, 1.807) is 23.0 Å². The van der Waals surface area contributed by atoms with E-state index >= 15 is 0 Å². The lowest BCUT2D eigenvalue weighted by Crippen LogP contribution is -2.18. The number of carbonyl (C=O) groups is 1. The minimum atomic E-state index is -1.02. The lowest BCUT2D eigenvalue weighted by Gasteiger charge is -2.21. The van der Waals surface area contributed by atoms with Gasteiger partial charge in [0.1, 0.15) is 0 Å². The summed E-state index contributed by atoms with van der Waals surface area (Å²) < 4.78 is 1.72. The van der Waals surface area contributed by atoms with Gasteiger partial charge >= 0.3 is 5.97 Å². The highest BCUT2D eigenvalue weighted by molar-refractivity contribution is 5.97. The van der Waals surface area contributed by atoms with Crippen molar-refractivity contribution in [2.24, 2.45) is 7.05 Å². The minimum Gasteiger partial charge on any atom is -0.478 e. The molecule has 0 radical (unpaired) electrons. The highest BCUT2D eigenvalue weighted by atomic mass is 16.4. The number of aromatic carboxylic acids is 1. The topological polar surface area (TPSA) is 84.4 Å². The number of hydrogen-bond acceptors (Lipinski definition) is 4. The molecular formula is C13H16N4O2. The van der Waals surface area contributed by atoms with Crippen molar-refractivity contribution in [3.63, 3.8) is 0 Å². The number of nitrogens with zero attached hydrogens (tertiary/aromatic N) is 3. The molecule has 0 saturated carbocycles. The van der Waals surface area contributed by atoms with Crippen molar-refractivity contribution in [1.29, 1.82) is 0 Å². The largest absolute Gasteiger partial charge is 0.478 e. The minimum absolute atomic E-state index is 0.121. The maximum Gasteiger partial charge on any atom is 0.337 e. The van der Waals surface area contributed by atoms with Crippen molar-refractivity contribution in [2.45, 2.75) is 6.54 Å². The average molecular weight is 260 g/mol. The van der Waals surface area contributed by atoms with Crippen LogP contribution >= 0.6 is 0 Å². The van der Waals surface area contributed by atoms with E-state index in [2.05, 4.69) is 5.10 Å². The zero-order chi connectivity index (χ0) is 14.0. The molecule has 1 heterocycles. The number of aryl methyl sites for hydroxylation is 1. The average Bonchev–Trinajstić information content (AvgIpc) is 2.74. The Morgan fingerprint density at radius 1 is 1.53 bits per heavy atom. The highest BCUT2D eigenvalue weighted by Gasteiger charge is 2.14. The molecule has 0 aliphatic rings. The van der Waals surface area contributed by atoms with Gasteiger partial charge in [-0.1, -0.05) is 6.07 Å². The van der Waals surface area contributed by atoms with Gasteiger partial charge in [0, 0.05) is 32.4 Å². The molecule has 0 atom stereocenters. The third-order valence-electron chi connectivity index (χ3n) is 2.90. The summed E-state index contributed by atoms with van der Waals surface area (Å²) in [5.74, 6) is -1.02. The quantitative estimate of drug-likeness (QED) is 0.810. The summed E-state index contributed by atoms with van der Waals surface area (Å²) in [6.45, 7) is 0.612. The van der Waals surface area contributed by atoms with E-state index in [9.17, 15) is 4.79 Å². The normalized spacial score (nSPS) is 10.4. The summed E-state index contributed by atoms with van der Waals surface area (Å²) in [6, 6.07) is 4.99. The molecule has 0 spiro atoms. The van der Waals surface area contributed by atoms with E-state index in [0.717, 1.165) is 5.56 Å². The molecule has 0 aliphatic heterocycles. The van der Waals surface area contributed by atoms with E-state index < -0.39 is 5.97 Å². The van der Waals surface area contributed by atoms with E-state index in [1.807, 2.05) is 25.2 Å². The molecule has 0 bridgehead atoms. The first-order valence-electron chi connectivity index (χ1n) is 5.79. The van der Waals surface area contributed by atoms with Crippen molar-refractivity contribution in [3.8, 4) is 0 Å². The number of hydrogen-bond donors (Lipinski definition) is 2. The molecule has 3 N–H and O–H groups in total. The summed E-state index contributed by atoms with van der Waals surface area (Å²) in [6.07, 6.45) is 3.68. The second kappa shape index (κ2) is 5.01. The van der Waals surface area contributed by atoms with Crippen molar-refractivity contribution in [2.75, 3.05) is 17.7 Å². The molecule has 1 aromatic carbocycles. The Morgan fingerprint density at radius 2 is 2.26 bits per heavy atom. The molecule has 0 amide bonds. The van der Waals surface area contributed by atoms with E-state index in [1.165, 1.54) is 6.07 Å². The van der Waals surface area contributed by atoms with Gasteiger partial charge in [-0.3, -0.25) is 4.68 Å². The number of rotatable bonds is 4. The Labute approximate surface area is 111 Å². The molecule has 1 aromatic heterocycles. The Bertz CT molecular complexity index is 606. The Hall–Kier alpha value is -2.50. The third-order valence-corrected chi connectivity index (χ3v) is 2.90.